The van der Waals surface area contributed by atoms with Crippen molar-refractivity contribution >= 4 is 31.2 Å². The summed E-state index contributed by atoms with van der Waals surface area (Å²) in [6, 6.07) is 9.05. The number of nitrogens with zero attached hydrogens (tertiary/aromatic N) is 1. The van der Waals surface area contributed by atoms with Gasteiger partial charge in [0.25, 0.3) is 5.69 Å². The molecule has 2 aromatic carbocycles. The second-order valence-corrected chi connectivity index (χ2v) is 10.6. The molecule has 0 saturated carbocycles. The first-order chi connectivity index (χ1) is 13.3. The predicted molar refractivity (Wildman–Crippen MR) is 110 cm³/mol. The van der Waals surface area contributed by atoms with E-state index < -0.39 is 30.8 Å². The number of benzene rings is 2. The van der Waals surface area contributed by atoms with Crippen molar-refractivity contribution in [2.24, 2.45) is 0 Å². The number of nitro groups is 1. The normalized spacial score (nSPS) is 13.3. The van der Waals surface area contributed by atoms with Crippen LogP contribution in [0.2, 0.25) is 0 Å². The van der Waals surface area contributed by atoms with E-state index in [-0.39, 0.29) is 27.2 Å². The van der Waals surface area contributed by atoms with Crippen LogP contribution in [0.15, 0.2) is 52.3 Å². The van der Waals surface area contributed by atoms with E-state index >= 15 is 0 Å². The molecule has 0 spiro atoms. The highest BCUT2D eigenvalue weighted by molar-refractivity contribution is 7.90. The Balaban J connectivity index is 2.33. The molecule has 0 saturated heterocycles. The Morgan fingerprint density at radius 1 is 0.931 bits per heavy atom. The van der Waals surface area contributed by atoms with Crippen LogP contribution in [0.3, 0.4) is 0 Å². The summed E-state index contributed by atoms with van der Waals surface area (Å²) in [6.07, 6.45) is 1.11. The molecule has 0 fully saturated rings. The molecule has 2 aromatic rings. The van der Waals surface area contributed by atoms with Gasteiger partial charge in [-0.1, -0.05) is 12.1 Å². The number of anilines is 1. The third kappa shape index (κ3) is 5.75. The minimum Gasteiger partial charge on any atom is -0.373 e. The van der Waals surface area contributed by atoms with Gasteiger partial charge >= 0.3 is 0 Å². The van der Waals surface area contributed by atoms with Crippen LogP contribution in [0.4, 0.5) is 11.4 Å². The van der Waals surface area contributed by atoms with Gasteiger partial charge in [-0.2, -0.15) is 0 Å². The summed E-state index contributed by atoms with van der Waals surface area (Å²) in [5, 5.41) is 14.5. The van der Waals surface area contributed by atoms with Crippen LogP contribution in [0.25, 0.3) is 0 Å². The lowest BCUT2D eigenvalue weighted by atomic mass is 10.1. The molecule has 0 aliphatic carbocycles. The molecule has 0 radical (unpaired) electrons. The fourth-order valence-electron chi connectivity index (χ4n) is 2.65. The lowest BCUT2D eigenvalue weighted by Crippen LogP contribution is -2.30. The number of hydrogen-bond acceptors (Lipinski definition) is 7. The van der Waals surface area contributed by atoms with Crippen LogP contribution in [-0.4, -0.2) is 34.1 Å². The van der Waals surface area contributed by atoms with E-state index in [1.807, 2.05) is 0 Å². The van der Waals surface area contributed by atoms with Crippen molar-refractivity contribution in [1.82, 2.24) is 4.72 Å². The third-order valence-electron chi connectivity index (χ3n) is 4.05. The van der Waals surface area contributed by atoms with Gasteiger partial charge in [0, 0.05) is 24.4 Å². The second kappa shape index (κ2) is 8.47. The maximum atomic E-state index is 12.3. The highest BCUT2D eigenvalue weighted by atomic mass is 32.2. The third-order valence-corrected chi connectivity index (χ3v) is 6.83. The summed E-state index contributed by atoms with van der Waals surface area (Å²) in [7, 11) is -7.19. The van der Waals surface area contributed by atoms with Gasteiger partial charge in [0.15, 0.2) is 9.84 Å². The minimum absolute atomic E-state index is 0.151. The van der Waals surface area contributed by atoms with E-state index in [1.54, 1.807) is 32.9 Å². The van der Waals surface area contributed by atoms with Crippen LogP contribution >= 0.6 is 0 Å². The zero-order valence-corrected chi connectivity index (χ0v) is 18.0. The summed E-state index contributed by atoms with van der Waals surface area (Å²) in [5.74, 6) is 0. The average molecular weight is 442 g/mol. The van der Waals surface area contributed by atoms with E-state index in [4.69, 9.17) is 0 Å². The second-order valence-electron chi connectivity index (χ2n) is 6.92. The molecule has 29 heavy (non-hydrogen) atoms. The summed E-state index contributed by atoms with van der Waals surface area (Å²) in [5.41, 5.74) is 0.485. The molecule has 158 valence electrons. The van der Waals surface area contributed by atoms with Crippen LogP contribution < -0.4 is 10.0 Å². The molecular weight excluding hydrogens is 418 g/mol. The lowest BCUT2D eigenvalue weighted by Gasteiger charge is -2.17. The van der Waals surface area contributed by atoms with Crippen molar-refractivity contribution in [2.45, 2.75) is 42.6 Å². The molecule has 2 N–H and O–H groups in total. The first kappa shape index (κ1) is 22.8. The minimum atomic E-state index is -3.87. The van der Waals surface area contributed by atoms with E-state index in [0.29, 0.717) is 5.56 Å². The lowest BCUT2D eigenvalue weighted by molar-refractivity contribution is -0.384. The van der Waals surface area contributed by atoms with E-state index in [0.717, 1.165) is 12.3 Å². The van der Waals surface area contributed by atoms with Crippen molar-refractivity contribution in [3.05, 3.63) is 58.1 Å². The van der Waals surface area contributed by atoms with Crippen molar-refractivity contribution in [2.75, 3.05) is 11.6 Å². The van der Waals surface area contributed by atoms with E-state index in [9.17, 15) is 26.9 Å². The van der Waals surface area contributed by atoms with E-state index in [2.05, 4.69) is 10.0 Å². The zero-order chi connectivity index (χ0) is 22.0. The maximum absolute atomic E-state index is 12.3. The van der Waals surface area contributed by atoms with Gasteiger partial charge in [-0.25, -0.2) is 21.6 Å². The number of nitro benzene ring substituents is 1. The largest absolute Gasteiger partial charge is 0.373 e. The maximum Gasteiger partial charge on any atom is 0.293 e. The number of rotatable bonds is 8. The molecule has 9 nitrogen and oxygen atoms in total. The van der Waals surface area contributed by atoms with Gasteiger partial charge in [0.05, 0.1) is 14.7 Å². The van der Waals surface area contributed by atoms with E-state index in [1.165, 1.54) is 24.3 Å². The SMILES string of the molecule is CC(C)NS(=O)(=O)c1ccc(NC(C)c2ccc(S(C)(=O)=O)cc2)c([N+](=O)[O-])c1. The molecular formula is C18H23N3O6S2. The summed E-state index contributed by atoms with van der Waals surface area (Å²) < 4.78 is 50.1. The Morgan fingerprint density at radius 2 is 1.48 bits per heavy atom. The standard InChI is InChI=1S/C18H23N3O6S2/c1-12(2)20-29(26,27)16-9-10-17(18(11-16)21(22)23)19-13(3)14-5-7-15(8-6-14)28(4,24)25/h5-13,19-20H,1-4H3. The van der Waals surface area contributed by atoms with Crippen molar-refractivity contribution in [1.29, 1.82) is 0 Å². The van der Waals surface area contributed by atoms with Crippen LogP contribution in [-0.2, 0) is 19.9 Å². The van der Waals surface area contributed by atoms with Crippen molar-refractivity contribution in [3.63, 3.8) is 0 Å². The quantitative estimate of drug-likeness (QED) is 0.475. The number of hydrogen-bond donors (Lipinski definition) is 2. The van der Waals surface area contributed by atoms with Gasteiger partial charge in [0.2, 0.25) is 10.0 Å². The molecule has 11 heteroatoms. The molecule has 0 aliphatic heterocycles. The summed E-state index contributed by atoms with van der Waals surface area (Å²) in [4.78, 5) is 10.8. The van der Waals surface area contributed by atoms with Gasteiger partial charge in [-0.05, 0) is 50.6 Å². The number of sulfonamides is 1. The summed E-state index contributed by atoms with van der Waals surface area (Å²) in [6.45, 7) is 5.06. The summed E-state index contributed by atoms with van der Waals surface area (Å²) >= 11 is 0. The molecule has 0 heterocycles. The average Bonchev–Trinajstić information content (AvgIpc) is 2.60. The Morgan fingerprint density at radius 3 is 1.97 bits per heavy atom. The fraction of sp³-hybridized carbons (Fsp3) is 0.333. The molecule has 0 bridgehead atoms. The molecule has 0 aromatic heterocycles. The first-order valence-electron chi connectivity index (χ1n) is 8.68. The molecule has 0 aliphatic rings. The number of sulfone groups is 1. The Kier molecular flexibility index (Phi) is 6.66. The zero-order valence-electron chi connectivity index (χ0n) is 16.4. The van der Waals surface area contributed by atoms with Crippen LogP contribution in [0.1, 0.15) is 32.4 Å². The Labute approximate surface area is 170 Å². The van der Waals surface area contributed by atoms with Crippen molar-refractivity contribution in [3.8, 4) is 0 Å². The molecule has 1 atom stereocenters. The van der Waals surface area contributed by atoms with Crippen molar-refractivity contribution < 1.29 is 21.8 Å². The highest BCUT2D eigenvalue weighted by Crippen LogP contribution is 2.31. The molecule has 1 unspecified atom stereocenters. The van der Waals surface area contributed by atoms with Gasteiger partial charge in [-0.15, -0.1) is 0 Å². The van der Waals surface area contributed by atoms with Crippen LogP contribution in [0.5, 0.6) is 0 Å². The monoisotopic (exact) mass is 441 g/mol. The van der Waals surface area contributed by atoms with Gasteiger partial charge in [0.1, 0.15) is 5.69 Å². The van der Waals surface area contributed by atoms with Crippen LogP contribution in [0, 0.1) is 10.1 Å². The highest BCUT2D eigenvalue weighted by Gasteiger charge is 2.23. The predicted octanol–water partition coefficient (Wildman–Crippen LogP) is 2.86. The fourth-order valence-corrected chi connectivity index (χ4v) is 4.55. The molecule has 0 amide bonds. The number of nitrogens with one attached hydrogen (secondary N) is 2. The Hall–Kier alpha value is -2.50. The Bertz CT molecular complexity index is 1110. The smallest absolute Gasteiger partial charge is 0.293 e. The van der Waals surface area contributed by atoms with Gasteiger partial charge in [-0.3, -0.25) is 10.1 Å². The van der Waals surface area contributed by atoms with Gasteiger partial charge < -0.3 is 5.32 Å². The topological polar surface area (TPSA) is 135 Å². The first-order valence-corrected chi connectivity index (χ1v) is 12.1. The molecule has 2 rings (SSSR count).